The number of aryl methyl sites for hydroxylation is 1. The lowest BCUT2D eigenvalue weighted by atomic mass is 9.96. The average molecular weight is 284 g/mol. The van der Waals surface area contributed by atoms with Gasteiger partial charge in [-0.3, -0.25) is 0 Å². The summed E-state index contributed by atoms with van der Waals surface area (Å²) in [4.78, 5) is 8.79. The molecule has 21 heavy (non-hydrogen) atoms. The van der Waals surface area contributed by atoms with Crippen LogP contribution in [0.1, 0.15) is 24.1 Å². The summed E-state index contributed by atoms with van der Waals surface area (Å²) in [7, 11) is 0. The summed E-state index contributed by atoms with van der Waals surface area (Å²) >= 11 is 0. The first kappa shape index (κ1) is 13.8. The maximum atomic E-state index is 5.55. The highest BCUT2D eigenvalue weighted by molar-refractivity contribution is 5.61. The van der Waals surface area contributed by atoms with Gasteiger partial charge in [0.1, 0.15) is 24.5 Å². The van der Waals surface area contributed by atoms with Crippen LogP contribution in [0.15, 0.2) is 30.6 Å². The quantitative estimate of drug-likeness (QED) is 0.882. The highest BCUT2D eigenvalue weighted by Crippen LogP contribution is 2.27. The number of nitrogens with zero attached hydrogens (tertiary/aromatic N) is 2. The minimum Gasteiger partial charge on any atom is -0.492 e. The molecule has 0 saturated carbocycles. The summed E-state index contributed by atoms with van der Waals surface area (Å²) in [6.07, 6.45) is 6.15. The highest BCUT2D eigenvalue weighted by atomic mass is 16.5. The van der Waals surface area contributed by atoms with Crippen LogP contribution < -0.4 is 15.8 Å². The Morgan fingerprint density at radius 1 is 1.19 bits per heavy atom. The third-order valence-corrected chi connectivity index (χ3v) is 3.61. The van der Waals surface area contributed by atoms with Gasteiger partial charge in [0, 0.05) is 29.6 Å². The van der Waals surface area contributed by atoms with Gasteiger partial charge in [0.15, 0.2) is 0 Å². The van der Waals surface area contributed by atoms with Crippen molar-refractivity contribution in [2.24, 2.45) is 5.73 Å². The van der Waals surface area contributed by atoms with Crippen molar-refractivity contribution in [1.82, 2.24) is 9.97 Å². The van der Waals surface area contributed by atoms with E-state index in [9.17, 15) is 0 Å². The van der Waals surface area contributed by atoms with Gasteiger partial charge in [-0.15, -0.1) is 0 Å². The third-order valence-electron chi connectivity index (χ3n) is 3.61. The predicted molar refractivity (Wildman–Crippen MR) is 82.9 cm³/mol. The van der Waals surface area contributed by atoms with Crippen LogP contribution in [0.2, 0.25) is 0 Å². The van der Waals surface area contributed by atoms with Gasteiger partial charge in [0.05, 0.1) is 0 Å². The monoisotopic (exact) mass is 284 g/mol. The van der Waals surface area contributed by atoms with Gasteiger partial charge in [-0.1, -0.05) is 6.07 Å². The van der Waals surface area contributed by atoms with Crippen molar-refractivity contribution in [2.45, 2.75) is 25.7 Å². The number of ether oxygens (including phenoxy) is 1. The van der Waals surface area contributed by atoms with Crippen molar-refractivity contribution in [3.63, 3.8) is 0 Å². The normalized spacial score (nSPS) is 13.6. The van der Waals surface area contributed by atoms with E-state index in [1.54, 1.807) is 6.33 Å². The van der Waals surface area contributed by atoms with Crippen LogP contribution in [0, 0.1) is 0 Å². The zero-order chi connectivity index (χ0) is 14.5. The van der Waals surface area contributed by atoms with E-state index in [1.165, 1.54) is 24.1 Å². The first-order valence-corrected chi connectivity index (χ1v) is 7.39. The lowest BCUT2D eigenvalue weighted by molar-refractivity contribution is 0.328. The van der Waals surface area contributed by atoms with Crippen LogP contribution in [-0.2, 0) is 12.8 Å². The van der Waals surface area contributed by atoms with Crippen molar-refractivity contribution in [2.75, 3.05) is 18.5 Å². The van der Waals surface area contributed by atoms with Gasteiger partial charge in [-0.25, -0.2) is 9.97 Å². The van der Waals surface area contributed by atoms with Crippen molar-refractivity contribution in [3.05, 3.63) is 41.9 Å². The largest absolute Gasteiger partial charge is 0.492 e. The van der Waals surface area contributed by atoms with E-state index in [0.29, 0.717) is 13.2 Å². The van der Waals surface area contributed by atoms with Gasteiger partial charge in [-0.2, -0.15) is 0 Å². The molecule has 0 atom stereocenters. The van der Waals surface area contributed by atoms with Gasteiger partial charge in [0.25, 0.3) is 0 Å². The molecular weight excluding hydrogens is 264 g/mol. The van der Waals surface area contributed by atoms with Gasteiger partial charge >= 0.3 is 0 Å². The predicted octanol–water partition coefficient (Wildman–Crippen LogP) is 2.44. The fourth-order valence-corrected chi connectivity index (χ4v) is 2.61. The molecule has 3 rings (SSSR count). The number of nitrogens with one attached hydrogen (secondary N) is 1. The number of hydrogen-bond acceptors (Lipinski definition) is 5. The fraction of sp³-hybridized carbons (Fsp3) is 0.375. The van der Waals surface area contributed by atoms with Crippen molar-refractivity contribution in [3.8, 4) is 5.75 Å². The molecule has 0 radical (unpaired) electrons. The third kappa shape index (κ3) is 3.31. The Morgan fingerprint density at radius 3 is 3.00 bits per heavy atom. The number of rotatable bonds is 5. The number of aromatic nitrogens is 2. The summed E-state index contributed by atoms with van der Waals surface area (Å²) < 4.78 is 5.55. The average Bonchev–Trinajstić information content (AvgIpc) is 2.54. The molecule has 1 heterocycles. The van der Waals surface area contributed by atoms with Crippen LogP contribution in [0.25, 0.3) is 0 Å². The Labute approximate surface area is 124 Å². The lowest BCUT2D eigenvalue weighted by Gasteiger charge is -2.18. The summed E-state index contributed by atoms with van der Waals surface area (Å²) in [5, 5.41) is 3.39. The second-order valence-electron chi connectivity index (χ2n) is 5.14. The number of benzene rings is 1. The van der Waals surface area contributed by atoms with Gasteiger partial charge in [0.2, 0.25) is 0 Å². The van der Waals surface area contributed by atoms with E-state index in [4.69, 9.17) is 10.5 Å². The zero-order valence-corrected chi connectivity index (χ0v) is 12.0. The van der Waals surface area contributed by atoms with E-state index >= 15 is 0 Å². The van der Waals surface area contributed by atoms with Crippen LogP contribution in [0.3, 0.4) is 0 Å². The molecular formula is C16H20N4O. The second-order valence-corrected chi connectivity index (χ2v) is 5.14. The van der Waals surface area contributed by atoms with Crippen LogP contribution in [0.5, 0.6) is 5.75 Å². The molecule has 1 aromatic carbocycles. The minimum atomic E-state index is 0.511. The molecule has 0 spiro atoms. The first-order valence-electron chi connectivity index (χ1n) is 7.39. The first-order chi connectivity index (χ1) is 10.4. The number of hydrogen-bond donors (Lipinski definition) is 2. The summed E-state index contributed by atoms with van der Waals surface area (Å²) in [5.74, 6) is 1.73. The Morgan fingerprint density at radius 2 is 2.10 bits per heavy atom. The van der Waals surface area contributed by atoms with E-state index < -0.39 is 0 Å². The molecule has 1 aliphatic rings. The lowest BCUT2D eigenvalue weighted by Crippen LogP contribution is -2.11. The van der Waals surface area contributed by atoms with Crippen LogP contribution in [0.4, 0.5) is 11.5 Å². The van der Waals surface area contributed by atoms with Gasteiger partial charge in [-0.05, 0) is 37.8 Å². The smallest absolute Gasteiger partial charge is 0.137 e. The maximum Gasteiger partial charge on any atom is 0.137 e. The molecule has 0 aliphatic heterocycles. The van der Waals surface area contributed by atoms with Crippen LogP contribution >= 0.6 is 0 Å². The van der Waals surface area contributed by atoms with Crippen LogP contribution in [-0.4, -0.2) is 23.1 Å². The maximum absolute atomic E-state index is 5.55. The summed E-state index contributed by atoms with van der Waals surface area (Å²) in [5.41, 5.74) is 8.85. The Hall–Kier alpha value is -2.14. The van der Waals surface area contributed by atoms with E-state index in [-0.39, 0.29) is 0 Å². The molecule has 3 N–H and O–H groups in total. The second kappa shape index (κ2) is 6.54. The number of fused-ring (bicyclic) bond motifs is 1. The molecule has 1 aliphatic carbocycles. The highest BCUT2D eigenvalue weighted by Gasteiger charge is 2.15. The van der Waals surface area contributed by atoms with E-state index in [1.807, 2.05) is 24.3 Å². The van der Waals surface area contributed by atoms with Crippen molar-refractivity contribution >= 4 is 11.5 Å². The van der Waals surface area contributed by atoms with E-state index in [0.717, 1.165) is 30.1 Å². The summed E-state index contributed by atoms with van der Waals surface area (Å²) in [6.45, 7) is 1.03. The van der Waals surface area contributed by atoms with Gasteiger partial charge < -0.3 is 15.8 Å². The fourth-order valence-electron chi connectivity index (χ4n) is 2.61. The number of nitrogens with two attached hydrogens (primary N) is 1. The molecule has 110 valence electrons. The SMILES string of the molecule is NCCOc1cccc(Nc2ncnc3c2CCCC3)c1. The molecule has 0 fully saturated rings. The Bertz CT molecular complexity index is 615. The topological polar surface area (TPSA) is 73.1 Å². The van der Waals surface area contributed by atoms with Crippen molar-refractivity contribution < 1.29 is 4.74 Å². The molecule has 0 amide bonds. The molecule has 0 bridgehead atoms. The molecule has 1 aromatic heterocycles. The molecule has 5 nitrogen and oxygen atoms in total. The Kier molecular flexibility index (Phi) is 4.31. The molecule has 0 unspecified atom stereocenters. The van der Waals surface area contributed by atoms with E-state index in [2.05, 4.69) is 15.3 Å². The minimum absolute atomic E-state index is 0.511. The standard InChI is InChI=1S/C16H20N4O/c17-8-9-21-13-5-3-4-12(10-13)20-16-14-6-1-2-7-15(14)18-11-19-16/h3-5,10-11H,1-2,6-9,17H2,(H,18,19,20). The Balaban J connectivity index is 1.80. The van der Waals surface area contributed by atoms with Crippen molar-refractivity contribution in [1.29, 1.82) is 0 Å². The molecule has 0 saturated heterocycles. The number of anilines is 2. The zero-order valence-electron chi connectivity index (χ0n) is 12.0. The molecule has 5 heteroatoms. The molecule has 2 aromatic rings. The summed E-state index contributed by atoms with van der Waals surface area (Å²) in [6, 6.07) is 7.86.